The number of rotatable bonds is 8. The van der Waals surface area contributed by atoms with Crippen molar-refractivity contribution in [1.82, 2.24) is 4.57 Å². The van der Waals surface area contributed by atoms with Gasteiger partial charge in [-0.1, -0.05) is 17.4 Å². The number of thiazole rings is 1. The van der Waals surface area contributed by atoms with E-state index in [9.17, 15) is 9.59 Å². The normalized spacial score (nSPS) is 11.5. The zero-order chi connectivity index (χ0) is 22.4. The molecule has 31 heavy (non-hydrogen) atoms. The number of hydrogen-bond donors (Lipinski definition) is 0. The van der Waals surface area contributed by atoms with Crippen LogP contribution in [0.15, 0.2) is 41.4 Å². The van der Waals surface area contributed by atoms with Gasteiger partial charge in [-0.15, -0.1) is 0 Å². The van der Waals surface area contributed by atoms with Crippen LogP contribution in [0.3, 0.4) is 0 Å². The number of benzene rings is 2. The van der Waals surface area contributed by atoms with Crippen molar-refractivity contribution in [2.45, 2.75) is 34.2 Å². The van der Waals surface area contributed by atoms with Crippen LogP contribution < -0.4 is 14.3 Å². The summed E-state index contributed by atoms with van der Waals surface area (Å²) in [5, 5.41) is 0. The first-order valence-electron chi connectivity index (χ1n) is 10.1. The van der Waals surface area contributed by atoms with Gasteiger partial charge in [0.25, 0.3) is 5.91 Å². The molecule has 1 aromatic heterocycles. The van der Waals surface area contributed by atoms with E-state index in [-0.39, 0.29) is 19.1 Å². The fraction of sp³-hybridized carbons (Fsp3) is 0.348. The quantitative estimate of drug-likeness (QED) is 0.496. The Morgan fingerprint density at radius 1 is 1.00 bits per heavy atom. The van der Waals surface area contributed by atoms with Crippen molar-refractivity contribution >= 4 is 33.4 Å². The third-order valence-corrected chi connectivity index (χ3v) is 5.65. The standard InChI is InChI=1S/C23H26N2O5S/c1-5-28-17-7-9-18(10-8-17)30-14-20(26)24-23-25(13-21(27)29-6-2)19-12-15(3)11-16(4)22(19)31-23/h7-12H,5-6,13-14H2,1-4H3. The van der Waals surface area contributed by atoms with Gasteiger partial charge in [-0.05, 0) is 69.2 Å². The summed E-state index contributed by atoms with van der Waals surface area (Å²) in [6.07, 6.45) is 0. The van der Waals surface area contributed by atoms with Gasteiger partial charge in [0.1, 0.15) is 18.0 Å². The lowest BCUT2D eigenvalue weighted by Gasteiger charge is -2.07. The topological polar surface area (TPSA) is 79.1 Å². The van der Waals surface area contributed by atoms with Crippen LogP contribution in [-0.2, 0) is 20.9 Å². The summed E-state index contributed by atoms with van der Waals surface area (Å²) in [5.41, 5.74) is 2.99. The molecule has 8 heteroatoms. The lowest BCUT2D eigenvalue weighted by atomic mass is 10.1. The summed E-state index contributed by atoms with van der Waals surface area (Å²) in [6, 6.07) is 11.1. The Labute approximate surface area is 184 Å². The fourth-order valence-corrected chi connectivity index (χ4v) is 4.27. The highest BCUT2D eigenvalue weighted by molar-refractivity contribution is 7.16. The molecule has 0 bridgehead atoms. The van der Waals surface area contributed by atoms with Crippen LogP contribution in [0.5, 0.6) is 11.5 Å². The van der Waals surface area contributed by atoms with Crippen LogP contribution in [0, 0.1) is 13.8 Å². The second-order valence-corrected chi connectivity index (χ2v) is 7.88. The molecule has 2 aromatic carbocycles. The highest BCUT2D eigenvalue weighted by Crippen LogP contribution is 2.23. The molecule has 0 atom stereocenters. The number of amides is 1. The molecule has 0 saturated heterocycles. The summed E-state index contributed by atoms with van der Waals surface area (Å²) in [4.78, 5) is 29.3. The summed E-state index contributed by atoms with van der Waals surface area (Å²) >= 11 is 1.37. The van der Waals surface area contributed by atoms with Crippen molar-refractivity contribution in [2.75, 3.05) is 19.8 Å². The van der Waals surface area contributed by atoms with Crippen molar-refractivity contribution < 1.29 is 23.8 Å². The lowest BCUT2D eigenvalue weighted by Crippen LogP contribution is -2.24. The first kappa shape index (κ1) is 22.6. The van der Waals surface area contributed by atoms with Crippen LogP contribution in [0.2, 0.25) is 0 Å². The second-order valence-electron chi connectivity index (χ2n) is 6.90. The van der Waals surface area contributed by atoms with Gasteiger partial charge in [0.05, 0.1) is 23.4 Å². The minimum absolute atomic E-state index is 0.0113. The van der Waals surface area contributed by atoms with Crippen molar-refractivity contribution in [3.05, 3.63) is 52.3 Å². The summed E-state index contributed by atoms with van der Waals surface area (Å²) in [7, 11) is 0. The van der Waals surface area contributed by atoms with Gasteiger partial charge in [0.15, 0.2) is 11.4 Å². The van der Waals surface area contributed by atoms with Crippen LogP contribution in [-0.4, -0.2) is 36.3 Å². The maximum absolute atomic E-state index is 12.5. The smallest absolute Gasteiger partial charge is 0.326 e. The summed E-state index contributed by atoms with van der Waals surface area (Å²) < 4.78 is 18.8. The second kappa shape index (κ2) is 10.3. The van der Waals surface area contributed by atoms with E-state index in [1.807, 2.05) is 26.8 Å². The molecule has 164 valence electrons. The molecule has 0 fully saturated rings. The van der Waals surface area contributed by atoms with E-state index >= 15 is 0 Å². The molecule has 1 amide bonds. The zero-order valence-corrected chi connectivity index (χ0v) is 19.0. The van der Waals surface area contributed by atoms with Crippen LogP contribution in [0.4, 0.5) is 0 Å². The Kier molecular flexibility index (Phi) is 7.46. The molecule has 3 aromatic rings. The molecule has 3 rings (SSSR count). The van der Waals surface area contributed by atoms with E-state index in [2.05, 4.69) is 11.1 Å². The first-order chi connectivity index (χ1) is 14.9. The third-order valence-electron chi connectivity index (χ3n) is 4.42. The van der Waals surface area contributed by atoms with Gasteiger partial charge in [-0.3, -0.25) is 9.59 Å². The molecule has 0 radical (unpaired) electrons. The minimum Gasteiger partial charge on any atom is -0.494 e. The molecule has 0 aliphatic rings. The molecule has 0 aliphatic carbocycles. The van der Waals surface area contributed by atoms with Crippen molar-refractivity contribution in [3.8, 4) is 11.5 Å². The SMILES string of the molecule is CCOC(=O)Cn1c(=NC(=O)COc2ccc(OCC)cc2)sc2c(C)cc(C)cc21. The molecule has 1 heterocycles. The van der Waals surface area contributed by atoms with Crippen molar-refractivity contribution in [3.63, 3.8) is 0 Å². The number of fused-ring (bicyclic) bond motifs is 1. The average Bonchev–Trinajstić information content (AvgIpc) is 3.05. The van der Waals surface area contributed by atoms with Gasteiger partial charge in [0.2, 0.25) is 0 Å². The van der Waals surface area contributed by atoms with Crippen LogP contribution in [0.1, 0.15) is 25.0 Å². The summed E-state index contributed by atoms with van der Waals surface area (Å²) in [5.74, 6) is 0.476. The van der Waals surface area contributed by atoms with E-state index in [4.69, 9.17) is 14.2 Å². The van der Waals surface area contributed by atoms with E-state index in [0.717, 1.165) is 27.1 Å². The number of esters is 1. The number of carbonyl (C=O) groups is 2. The molecular weight excluding hydrogens is 416 g/mol. The zero-order valence-electron chi connectivity index (χ0n) is 18.1. The molecule has 0 spiro atoms. The maximum Gasteiger partial charge on any atom is 0.326 e. The minimum atomic E-state index is -0.438. The molecule has 0 saturated carbocycles. The highest BCUT2D eigenvalue weighted by atomic mass is 32.1. The van der Waals surface area contributed by atoms with E-state index in [0.29, 0.717) is 23.8 Å². The van der Waals surface area contributed by atoms with E-state index < -0.39 is 5.91 Å². The maximum atomic E-state index is 12.5. The van der Waals surface area contributed by atoms with Gasteiger partial charge >= 0.3 is 5.97 Å². The Bertz CT molecular complexity index is 1150. The molecular formula is C23H26N2O5S. The Hall–Kier alpha value is -3.13. The Balaban J connectivity index is 1.86. The van der Waals surface area contributed by atoms with E-state index in [1.165, 1.54) is 11.3 Å². The van der Waals surface area contributed by atoms with Gasteiger partial charge in [-0.25, -0.2) is 0 Å². The Morgan fingerprint density at radius 2 is 1.68 bits per heavy atom. The van der Waals surface area contributed by atoms with Crippen molar-refractivity contribution in [2.24, 2.45) is 4.99 Å². The Morgan fingerprint density at radius 3 is 2.32 bits per heavy atom. The van der Waals surface area contributed by atoms with E-state index in [1.54, 1.807) is 35.8 Å². The van der Waals surface area contributed by atoms with Gasteiger partial charge < -0.3 is 18.8 Å². The predicted octanol–water partition coefficient (Wildman–Crippen LogP) is 3.79. The van der Waals surface area contributed by atoms with Gasteiger partial charge in [0, 0.05) is 0 Å². The monoisotopic (exact) mass is 442 g/mol. The number of carbonyl (C=O) groups excluding carboxylic acids is 2. The number of nitrogens with zero attached hydrogens (tertiary/aromatic N) is 2. The van der Waals surface area contributed by atoms with Crippen LogP contribution in [0.25, 0.3) is 10.2 Å². The number of ether oxygens (including phenoxy) is 3. The molecule has 7 nitrogen and oxygen atoms in total. The third kappa shape index (κ3) is 5.73. The van der Waals surface area contributed by atoms with Crippen LogP contribution >= 0.6 is 11.3 Å². The van der Waals surface area contributed by atoms with Gasteiger partial charge in [-0.2, -0.15) is 4.99 Å². The molecule has 0 N–H and O–H groups in total. The largest absolute Gasteiger partial charge is 0.494 e. The van der Waals surface area contributed by atoms with Crippen molar-refractivity contribution in [1.29, 1.82) is 0 Å². The average molecular weight is 443 g/mol. The number of hydrogen-bond acceptors (Lipinski definition) is 6. The molecule has 0 aliphatic heterocycles. The fourth-order valence-electron chi connectivity index (χ4n) is 3.17. The highest BCUT2D eigenvalue weighted by Gasteiger charge is 2.14. The lowest BCUT2D eigenvalue weighted by molar-refractivity contribution is -0.143. The number of aryl methyl sites for hydroxylation is 2. The predicted molar refractivity (Wildman–Crippen MR) is 120 cm³/mol. The molecule has 0 unspecified atom stereocenters. The first-order valence-corrected chi connectivity index (χ1v) is 10.9. The summed E-state index contributed by atoms with van der Waals surface area (Å²) in [6.45, 7) is 8.32. The number of aromatic nitrogens is 1.